The lowest BCUT2D eigenvalue weighted by Crippen LogP contribution is -2.38. The second-order valence-corrected chi connectivity index (χ2v) is 8.21. The summed E-state index contributed by atoms with van der Waals surface area (Å²) in [6.07, 6.45) is -0.963. The molecule has 0 bridgehead atoms. The predicted molar refractivity (Wildman–Crippen MR) is 99.9 cm³/mol. The van der Waals surface area contributed by atoms with E-state index in [0.29, 0.717) is 24.6 Å². The third kappa shape index (κ3) is 4.06. The molecule has 0 aliphatic carbocycles. The van der Waals surface area contributed by atoms with Crippen LogP contribution in [0.1, 0.15) is 46.1 Å². The van der Waals surface area contributed by atoms with Crippen LogP contribution in [0, 0.1) is 5.41 Å². The van der Waals surface area contributed by atoms with E-state index in [1.54, 1.807) is 18.9 Å². The fourth-order valence-corrected chi connectivity index (χ4v) is 3.51. The van der Waals surface area contributed by atoms with Crippen molar-refractivity contribution in [3.8, 4) is 11.5 Å². The molecule has 1 amide bonds. The van der Waals surface area contributed by atoms with Gasteiger partial charge in [0.15, 0.2) is 11.5 Å². The largest absolute Gasteiger partial charge is 0.493 e. The van der Waals surface area contributed by atoms with Crippen LogP contribution in [0.15, 0.2) is 18.2 Å². The molecule has 1 heterocycles. The molecule has 1 aromatic rings. The summed E-state index contributed by atoms with van der Waals surface area (Å²) in [5, 5.41) is 10.4. The fourth-order valence-electron chi connectivity index (χ4n) is 3.51. The zero-order valence-corrected chi connectivity index (χ0v) is 16.8. The molecule has 1 aliphatic heterocycles. The minimum atomic E-state index is -0.587. The van der Waals surface area contributed by atoms with E-state index in [4.69, 9.17) is 14.2 Å². The lowest BCUT2D eigenvalue weighted by Gasteiger charge is -2.34. The maximum Gasteiger partial charge on any atom is 0.409 e. The maximum atomic E-state index is 12.0. The minimum absolute atomic E-state index is 0.0465. The van der Waals surface area contributed by atoms with Crippen molar-refractivity contribution in [2.75, 3.05) is 27.3 Å². The number of likely N-dealkylation sites (tertiary alicyclic amines) is 1. The van der Waals surface area contributed by atoms with E-state index in [-0.39, 0.29) is 17.6 Å². The summed E-state index contributed by atoms with van der Waals surface area (Å²) in [5.41, 5.74) is 0.148. The molecule has 0 spiro atoms. The van der Waals surface area contributed by atoms with Crippen LogP contribution in [-0.2, 0) is 4.74 Å². The number of amides is 1. The van der Waals surface area contributed by atoms with Gasteiger partial charge in [0.25, 0.3) is 0 Å². The summed E-state index contributed by atoms with van der Waals surface area (Å²) in [6.45, 7) is 10.6. The smallest absolute Gasteiger partial charge is 0.409 e. The molecule has 1 N–H and O–H groups in total. The normalized spacial score (nSPS) is 24.3. The lowest BCUT2D eigenvalue weighted by atomic mass is 9.72. The van der Waals surface area contributed by atoms with Crippen LogP contribution in [-0.4, -0.2) is 55.1 Å². The van der Waals surface area contributed by atoms with Gasteiger partial charge >= 0.3 is 6.09 Å². The van der Waals surface area contributed by atoms with Gasteiger partial charge in [0.05, 0.1) is 20.3 Å². The van der Waals surface area contributed by atoms with E-state index in [9.17, 15) is 9.90 Å². The second kappa shape index (κ2) is 7.35. The Labute approximate surface area is 156 Å². The Morgan fingerprint density at radius 3 is 2.46 bits per heavy atom. The highest BCUT2D eigenvalue weighted by Gasteiger charge is 2.48. The molecular formula is C20H31NO5. The van der Waals surface area contributed by atoms with Crippen molar-refractivity contribution in [3.63, 3.8) is 0 Å². The summed E-state index contributed by atoms with van der Waals surface area (Å²) in [5.74, 6) is 1.27. The lowest BCUT2D eigenvalue weighted by molar-refractivity contribution is 0.0469. The number of carbonyl (C=O) groups excluding carboxylic acids is 1. The first-order valence-corrected chi connectivity index (χ1v) is 8.89. The molecule has 0 saturated carbocycles. The van der Waals surface area contributed by atoms with E-state index in [0.717, 1.165) is 5.56 Å². The Hall–Kier alpha value is -1.95. The van der Waals surface area contributed by atoms with Crippen molar-refractivity contribution in [1.82, 2.24) is 4.90 Å². The van der Waals surface area contributed by atoms with E-state index < -0.39 is 11.5 Å². The average Bonchev–Trinajstić information content (AvgIpc) is 2.92. The molecule has 1 fully saturated rings. The summed E-state index contributed by atoms with van der Waals surface area (Å²) < 4.78 is 16.4. The number of nitrogens with zero attached hydrogens (tertiary/aromatic N) is 1. The van der Waals surface area contributed by atoms with E-state index in [1.165, 1.54) is 7.11 Å². The first kappa shape index (κ1) is 20.4. The number of methoxy groups -OCH3 is 2. The summed E-state index contributed by atoms with van der Waals surface area (Å²) in [4.78, 5) is 13.7. The highest BCUT2D eigenvalue weighted by molar-refractivity contribution is 5.68. The van der Waals surface area contributed by atoms with E-state index in [1.807, 2.05) is 45.9 Å². The van der Waals surface area contributed by atoms with Gasteiger partial charge in [-0.05, 0) is 45.4 Å². The van der Waals surface area contributed by atoms with Crippen LogP contribution in [0.25, 0.3) is 0 Å². The summed E-state index contributed by atoms with van der Waals surface area (Å²) >= 11 is 0. The molecular weight excluding hydrogens is 334 g/mol. The van der Waals surface area contributed by atoms with Gasteiger partial charge in [-0.1, -0.05) is 13.0 Å². The molecule has 0 radical (unpaired) electrons. The zero-order valence-electron chi connectivity index (χ0n) is 16.8. The highest BCUT2D eigenvalue weighted by Crippen LogP contribution is 2.47. The van der Waals surface area contributed by atoms with Gasteiger partial charge in [0.1, 0.15) is 5.60 Å². The number of benzene rings is 1. The van der Waals surface area contributed by atoms with Crippen molar-refractivity contribution in [2.24, 2.45) is 5.41 Å². The van der Waals surface area contributed by atoms with Crippen LogP contribution >= 0.6 is 0 Å². The number of hydrogen-bond acceptors (Lipinski definition) is 5. The molecule has 2 rings (SSSR count). The number of rotatable bonds is 4. The Bertz CT molecular complexity index is 652. The predicted octanol–water partition coefficient (Wildman–Crippen LogP) is 3.43. The van der Waals surface area contributed by atoms with E-state index in [2.05, 4.69) is 0 Å². The van der Waals surface area contributed by atoms with Crippen LogP contribution in [0.3, 0.4) is 0 Å². The molecule has 1 aromatic carbocycles. The topological polar surface area (TPSA) is 68.2 Å². The monoisotopic (exact) mass is 365 g/mol. The first-order valence-electron chi connectivity index (χ1n) is 8.89. The Morgan fingerprint density at radius 2 is 1.96 bits per heavy atom. The van der Waals surface area contributed by atoms with Crippen LogP contribution in [0.2, 0.25) is 0 Å². The van der Waals surface area contributed by atoms with Gasteiger partial charge in [-0.3, -0.25) is 0 Å². The molecule has 0 unspecified atom stereocenters. The van der Waals surface area contributed by atoms with Crippen molar-refractivity contribution >= 4 is 6.09 Å². The van der Waals surface area contributed by atoms with Gasteiger partial charge in [-0.15, -0.1) is 0 Å². The number of carbonyl (C=O) groups is 1. The SMILES string of the molecule is COC(=O)N1C[C@@H](c2ccc(OC)c(OC(C)(C)C)c2)[C@](C)([C@@H](C)O)C1. The molecule has 1 aliphatic rings. The van der Waals surface area contributed by atoms with E-state index >= 15 is 0 Å². The van der Waals surface area contributed by atoms with Gasteiger partial charge in [0.2, 0.25) is 0 Å². The first-order chi connectivity index (χ1) is 12.0. The van der Waals surface area contributed by atoms with Gasteiger partial charge in [0, 0.05) is 24.4 Å². The van der Waals surface area contributed by atoms with Gasteiger partial charge in [-0.2, -0.15) is 0 Å². The summed E-state index contributed by atoms with van der Waals surface area (Å²) in [6, 6.07) is 5.80. The molecule has 3 atom stereocenters. The molecule has 0 aromatic heterocycles. The van der Waals surface area contributed by atoms with Crippen LogP contribution in [0.4, 0.5) is 4.79 Å². The molecule has 26 heavy (non-hydrogen) atoms. The van der Waals surface area contributed by atoms with Crippen molar-refractivity contribution in [3.05, 3.63) is 23.8 Å². The Morgan fingerprint density at radius 1 is 1.31 bits per heavy atom. The van der Waals surface area contributed by atoms with Crippen molar-refractivity contribution < 1.29 is 24.1 Å². The second-order valence-electron chi connectivity index (χ2n) is 8.21. The maximum absolute atomic E-state index is 12.0. The highest BCUT2D eigenvalue weighted by atomic mass is 16.5. The zero-order chi connectivity index (χ0) is 19.7. The van der Waals surface area contributed by atoms with Crippen LogP contribution in [0.5, 0.6) is 11.5 Å². The number of hydrogen-bond donors (Lipinski definition) is 1. The third-order valence-corrected chi connectivity index (χ3v) is 5.12. The average molecular weight is 365 g/mol. The number of ether oxygens (including phenoxy) is 3. The Balaban J connectivity index is 2.44. The number of aliphatic hydroxyl groups is 1. The molecule has 146 valence electrons. The standard InChI is InChI=1S/C20H31NO5/c1-13(22)20(5)12-21(18(23)25-7)11-15(20)14-8-9-16(24-6)17(10-14)26-19(2,3)4/h8-10,13,15,22H,11-12H2,1-7H3/t13-,15+,20+/m1/s1. The van der Waals surface area contributed by atoms with Gasteiger partial charge in [-0.25, -0.2) is 4.79 Å². The fraction of sp³-hybridized carbons (Fsp3) is 0.650. The summed E-state index contributed by atoms with van der Waals surface area (Å²) in [7, 11) is 2.98. The molecule has 1 saturated heterocycles. The van der Waals surface area contributed by atoms with Crippen molar-refractivity contribution in [2.45, 2.75) is 52.2 Å². The minimum Gasteiger partial charge on any atom is -0.493 e. The third-order valence-electron chi connectivity index (χ3n) is 5.12. The molecule has 6 nitrogen and oxygen atoms in total. The van der Waals surface area contributed by atoms with Crippen LogP contribution < -0.4 is 9.47 Å². The number of aliphatic hydroxyl groups excluding tert-OH is 1. The Kier molecular flexibility index (Phi) is 5.76. The van der Waals surface area contributed by atoms with Gasteiger partial charge < -0.3 is 24.2 Å². The molecule has 6 heteroatoms. The van der Waals surface area contributed by atoms with Crippen molar-refractivity contribution in [1.29, 1.82) is 0 Å². The quantitative estimate of drug-likeness (QED) is 0.885.